The number of hydrogen-bond donors (Lipinski definition) is 1. The number of nitrogens with one attached hydrogen (secondary N) is 1. The van der Waals surface area contributed by atoms with Crippen molar-refractivity contribution in [2.75, 3.05) is 30.4 Å². The largest absolute Gasteiger partial charge is 0.486 e. The number of benzene rings is 2. The highest BCUT2D eigenvalue weighted by atomic mass is 16.5. The fourth-order valence-corrected chi connectivity index (χ4v) is 3.46. The summed E-state index contributed by atoms with van der Waals surface area (Å²) in [5.41, 5.74) is 2.66. The van der Waals surface area contributed by atoms with E-state index in [-0.39, 0.29) is 23.0 Å². The zero-order chi connectivity index (χ0) is 21.2. The van der Waals surface area contributed by atoms with Crippen molar-refractivity contribution in [3.05, 3.63) is 48.5 Å². The van der Waals surface area contributed by atoms with Gasteiger partial charge in [0.15, 0.2) is 0 Å². The van der Waals surface area contributed by atoms with Crippen molar-refractivity contribution >= 4 is 11.4 Å². The molecular weight excluding hydrogens is 360 g/mol. The molecule has 2 unspecified atom stereocenters. The predicted octanol–water partition coefficient (Wildman–Crippen LogP) is 5.84. The number of rotatable bonds is 0. The maximum absolute atomic E-state index is 6.03. The minimum Gasteiger partial charge on any atom is -0.486 e. The Labute approximate surface area is 176 Å². The molecule has 29 heavy (non-hydrogen) atoms. The fourth-order valence-electron chi connectivity index (χ4n) is 3.46. The van der Waals surface area contributed by atoms with Crippen LogP contribution in [0.4, 0.5) is 11.4 Å². The highest BCUT2D eigenvalue weighted by Crippen LogP contribution is 2.37. The first kappa shape index (κ1) is 21.4. The summed E-state index contributed by atoms with van der Waals surface area (Å²) in [6.07, 6.45) is 0.509. The summed E-state index contributed by atoms with van der Waals surface area (Å²) in [5.74, 6) is 1.98. The molecule has 0 saturated heterocycles. The van der Waals surface area contributed by atoms with E-state index in [4.69, 9.17) is 9.47 Å². The van der Waals surface area contributed by atoms with E-state index in [0.29, 0.717) is 0 Å². The number of ether oxygens (including phenoxy) is 2. The number of anilines is 2. The third-order valence-corrected chi connectivity index (χ3v) is 5.55. The predicted molar refractivity (Wildman–Crippen MR) is 122 cm³/mol. The van der Waals surface area contributed by atoms with E-state index in [1.807, 2.05) is 36.4 Å². The summed E-state index contributed by atoms with van der Waals surface area (Å²) in [6, 6.07) is 16.3. The number of nitrogens with zero attached hydrogens (tertiary/aromatic N) is 1. The molecule has 4 rings (SSSR count). The average Bonchev–Trinajstić information content (AvgIpc) is 2.67. The van der Waals surface area contributed by atoms with Crippen LogP contribution in [0.3, 0.4) is 0 Å². The lowest BCUT2D eigenvalue weighted by Crippen LogP contribution is -2.45. The molecule has 2 aromatic carbocycles. The topological polar surface area (TPSA) is 33.7 Å². The SMILES string of the molecule is CC(C)(C)C1CNc2ccccc2O1.CN1CC(C(C)(C)C)Oc2ccccc21. The van der Waals surface area contributed by atoms with E-state index in [0.717, 1.165) is 30.3 Å². The van der Waals surface area contributed by atoms with Crippen LogP contribution in [0.5, 0.6) is 11.5 Å². The quantitative estimate of drug-likeness (QED) is 0.607. The molecule has 0 aromatic heterocycles. The first-order valence-corrected chi connectivity index (χ1v) is 10.5. The summed E-state index contributed by atoms with van der Waals surface area (Å²) < 4.78 is 12.0. The molecule has 2 heterocycles. The molecule has 2 aromatic rings. The van der Waals surface area contributed by atoms with Gasteiger partial charge in [-0.1, -0.05) is 65.8 Å². The first-order valence-electron chi connectivity index (χ1n) is 10.5. The van der Waals surface area contributed by atoms with Crippen LogP contribution >= 0.6 is 0 Å². The third-order valence-electron chi connectivity index (χ3n) is 5.55. The van der Waals surface area contributed by atoms with E-state index in [2.05, 4.69) is 70.9 Å². The average molecular weight is 397 g/mol. The van der Waals surface area contributed by atoms with Crippen LogP contribution in [0.2, 0.25) is 0 Å². The molecular formula is C25H36N2O2. The second-order valence-electron chi connectivity index (χ2n) is 10.2. The van der Waals surface area contributed by atoms with Gasteiger partial charge in [-0.05, 0) is 24.3 Å². The lowest BCUT2D eigenvalue weighted by Gasteiger charge is -2.40. The maximum Gasteiger partial charge on any atom is 0.143 e. The second-order valence-corrected chi connectivity index (χ2v) is 10.2. The van der Waals surface area contributed by atoms with Gasteiger partial charge in [-0.25, -0.2) is 0 Å². The fraction of sp³-hybridized carbons (Fsp3) is 0.520. The summed E-state index contributed by atoms with van der Waals surface area (Å²) in [5, 5.41) is 3.39. The lowest BCUT2D eigenvalue weighted by molar-refractivity contribution is 0.0852. The van der Waals surface area contributed by atoms with Crippen molar-refractivity contribution in [3.8, 4) is 11.5 Å². The van der Waals surface area contributed by atoms with Crippen LogP contribution in [0.15, 0.2) is 48.5 Å². The molecule has 0 saturated carbocycles. The highest BCUT2D eigenvalue weighted by Gasteiger charge is 2.32. The molecule has 0 spiro atoms. The van der Waals surface area contributed by atoms with Crippen LogP contribution < -0.4 is 19.7 Å². The highest BCUT2D eigenvalue weighted by molar-refractivity contribution is 5.59. The van der Waals surface area contributed by atoms with Crippen molar-refractivity contribution in [3.63, 3.8) is 0 Å². The molecule has 158 valence electrons. The van der Waals surface area contributed by atoms with Gasteiger partial charge >= 0.3 is 0 Å². The van der Waals surface area contributed by atoms with Gasteiger partial charge < -0.3 is 19.7 Å². The summed E-state index contributed by atoms with van der Waals surface area (Å²) in [7, 11) is 2.13. The second kappa shape index (κ2) is 8.17. The van der Waals surface area contributed by atoms with Gasteiger partial charge in [0.25, 0.3) is 0 Å². The summed E-state index contributed by atoms with van der Waals surface area (Å²) in [4.78, 5) is 2.27. The number of hydrogen-bond acceptors (Lipinski definition) is 4. The lowest BCUT2D eigenvalue weighted by atomic mass is 9.88. The Morgan fingerprint density at radius 1 is 0.793 bits per heavy atom. The number of fused-ring (bicyclic) bond motifs is 2. The molecule has 0 bridgehead atoms. The van der Waals surface area contributed by atoms with E-state index >= 15 is 0 Å². The molecule has 0 aliphatic carbocycles. The van der Waals surface area contributed by atoms with Gasteiger partial charge in [0.1, 0.15) is 23.7 Å². The number of likely N-dealkylation sites (N-methyl/N-ethyl adjacent to an activating group) is 1. The van der Waals surface area contributed by atoms with Gasteiger partial charge in [-0.15, -0.1) is 0 Å². The smallest absolute Gasteiger partial charge is 0.143 e. The molecule has 0 radical (unpaired) electrons. The van der Waals surface area contributed by atoms with Crippen LogP contribution in [-0.2, 0) is 0 Å². The van der Waals surface area contributed by atoms with E-state index in [1.54, 1.807) is 0 Å². The molecule has 2 aliphatic heterocycles. The Bertz CT molecular complexity index is 820. The van der Waals surface area contributed by atoms with Gasteiger partial charge in [0.2, 0.25) is 0 Å². The van der Waals surface area contributed by atoms with Crippen LogP contribution in [0, 0.1) is 10.8 Å². The molecule has 2 aliphatic rings. The summed E-state index contributed by atoms with van der Waals surface area (Å²) >= 11 is 0. The zero-order valence-corrected chi connectivity index (χ0v) is 19.0. The zero-order valence-electron chi connectivity index (χ0n) is 19.0. The maximum atomic E-state index is 6.03. The minimum atomic E-state index is 0.181. The number of para-hydroxylation sites is 4. The molecule has 1 N–H and O–H groups in total. The van der Waals surface area contributed by atoms with Crippen LogP contribution in [-0.4, -0.2) is 32.3 Å². The van der Waals surface area contributed by atoms with Gasteiger partial charge in [0.05, 0.1) is 24.5 Å². The van der Waals surface area contributed by atoms with E-state index < -0.39 is 0 Å². The molecule has 0 fully saturated rings. The standard InChI is InChI=1S/C13H19NO.C12H17NO/c1-13(2,3)12-9-14(4)10-7-5-6-8-11(10)15-12;1-12(2,3)11-8-13-9-6-4-5-7-10(9)14-11/h5-8,12H,9H2,1-4H3;4-7,11,13H,8H2,1-3H3. The Morgan fingerprint density at radius 2 is 1.34 bits per heavy atom. The van der Waals surface area contributed by atoms with E-state index in [1.165, 1.54) is 5.69 Å². The van der Waals surface area contributed by atoms with Crippen molar-refractivity contribution in [2.45, 2.75) is 53.8 Å². The summed E-state index contributed by atoms with van der Waals surface area (Å²) in [6.45, 7) is 15.1. The van der Waals surface area contributed by atoms with Crippen molar-refractivity contribution in [1.29, 1.82) is 0 Å². The third kappa shape index (κ3) is 5.17. The first-order chi connectivity index (χ1) is 13.6. The molecule has 2 atom stereocenters. The Balaban J connectivity index is 0.000000166. The van der Waals surface area contributed by atoms with Crippen molar-refractivity contribution in [1.82, 2.24) is 0 Å². The Hall–Kier alpha value is -2.36. The molecule has 0 amide bonds. The van der Waals surface area contributed by atoms with Gasteiger partial charge in [-0.2, -0.15) is 0 Å². The van der Waals surface area contributed by atoms with E-state index in [9.17, 15) is 0 Å². The minimum absolute atomic E-state index is 0.181. The van der Waals surface area contributed by atoms with Gasteiger partial charge in [0, 0.05) is 17.9 Å². The van der Waals surface area contributed by atoms with Crippen molar-refractivity contribution in [2.24, 2.45) is 10.8 Å². The molecule has 4 nitrogen and oxygen atoms in total. The normalized spacial score (nSPS) is 20.7. The van der Waals surface area contributed by atoms with Crippen LogP contribution in [0.1, 0.15) is 41.5 Å². The van der Waals surface area contributed by atoms with Gasteiger partial charge in [-0.3, -0.25) is 0 Å². The van der Waals surface area contributed by atoms with Crippen LogP contribution in [0.25, 0.3) is 0 Å². The Morgan fingerprint density at radius 3 is 2.00 bits per heavy atom. The molecule has 4 heteroatoms. The Kier molecular flexibility index (Phi) is 6.02. The monoisotopic (exact) mass is 396 g/mol. The van der Waals surface area contributed by atoms with Crippen molar-refractivity contribution < 1.29 is 9.47 Å².